The van der Waals surface area contributed by atoms with E-state index < -0.39 is 31.7 Å². The summed E-state index contributed by atoms with van der Waals surface area (Å²) in [5.74, 6) is -0.758. The van der Waals surface area contributed by atoms with Crippen molar-refractivity contribution >= 4 is 21.2 Å². The van der Waals surface area contributed by atoms with Crippen LogP contribution < -0.4 is 5.73 Å². The Hall–Kier alpha value is -3.66. The van der Waals surface area contributed by atoms with E-state index in [9.17, 15) is 8.42 Å². The molecule has 0 bridgehead atoms. The van der Waals surface area contributed by atoms with Crippen LogP contribution in [0, 0.1) is 0 Å². The zero-order valence-electron chi connectivity index (χ0n) is 19.9. The fourth-order valence-electron chi connectivity index (χ4n) is 4.04. The van der Waals surface area contributed by atoms with Crippen LogP contribution in [0.2, 0.25) is 0 Å². The number of rotatable bonds is 5. The van der Waals surface area contributed by atoms with Crippen molar-refractivity contribution in [1.29, 1.82) is 0 Å². The van der Waals surface area contributed by atoms with Gasteiger partial charge in [0.15, 0.2) is 14.6 Å². The molecule has 0 radical (unpaired) electrons. The average Bonchev–Trinajstić information content (AvgIpc) is 3.37. The van der Waals surface area contributed by atoms with E-state index in [0.717, 1.165) is 5.56 Å². The molecule has 0 saturated heterocycles. The lowest BCUT2D eigenvalue weighted by Crippen LogP contribution is -2.56. The lowest BCUT2D eigenvalue weighted by molar-refractivity contribution is 0.510. The predicted molar refractivity (Wildman–Crippen MR) is 133 cm³/mol. The van der Waals surface area contributed by atoms with E-state index in [-0.39, 0.29) is 17.1 Å². The third-order valence-corrected chi connectivity index (χ3v) is 9.14. The molecule has 0 amide bonds. The zero-order chi connectivity index (χ0) is 25.4. The second-order valence-corrected chi connectivity index (χ2v) is 11.2. The molecule has 8 nitrogen and oxygen atoms in total. The predicted octanol–water partition coefficient (Wildman–Crippen LogP) is 4.24. The van der Waals surface area contributed by atoms with Crippen molar-refractivity contribution in [2.24, 2.45) is 10.7 Å². The number of pyridine rings is 1. The van der Waals surface area contributed by atoms with Crippen LogP contribution in [0.1, 0.15) is 39.0 Å². The molecule has 0 unspecified atom stereocenters. The van der Waals surface area contributed by atoms with Gasteiger partial charge in [-0.3, -0.25) is 9.98 Å². The molecule has 2 aromatic heterocycles. The van der Waals surface area contributed by atoms with Gasteiger partial charge in [0.25, 0.3) is 0 Å². The van der Waals surface area contributed by atoms with Crippen LogP contribution in [0.25, 0.3) is 17.0 Å². The Balaban J connectivity index is 1.72. The fraction of sp³-hybridized carbons (Fsp3) is 0.280. The molecule has 1 aromatic carbocycles. The van der Waals surface area contributed by atoms with Crippen molar-refractivity contribution in [3.05, 3.63) is 83.8 Å². The normalized spacial score (nSPS) is 25.1. The van der Waals surface area contributed by atoms with Crippen LogP contribution in [0.4, 0.5) is 4.39 Å². The topological polar surface area (TPSA) is 124 Å². The summed E-state index contributed by atoms with van der Waals surface area (Å²) in [5, 5.41) is 7.57. The van der Waals surface area contributed by atoms with Crippen LogP contribution in [-0.2, 0) is 14.6 Å². The van der Waals surface area contributed by atoms with E-state index >= 15 is 4.39 Å². The van der Waals surface area contributed by atoms with Gasteiger partial charge in [0.2, 0.25) is 12.3 Å². The third kappa shape index (κ3) is 4.29. The van der Waals surface area contributed by atoms with E-state index in [0.29, 0.717) is 17.0 Å². The van der Waals surface area contributed by atoms with E-state index in [1.807, 2.05) is 18.2 Å². The number of sulfone groups is 1. The first-order valence-electron chi connectivity index (χ1n) is 10.9. The molecule has 0 fully saturated rings. The quantitative estimate of drug-likeness (QED) is 0.525. The van der Waals surface area contributed by atoms with Crippen LogP contribution >= 0.6 is 0 Å². The van der Waals surface area contributed by atoms with Gasteiger partial charge < -0.3 is 10.2 Å². The summed E-state index contributed by atoms with van der Waals surface area (Å²) >= 11 is 0. The minimum absolute atomic E-state index is 0.120. The van der Waals surface area contributed by atoms with Gasteiger partial charge in [0.05, 0.1) is 17.0 Å². The molecule has 2 atom stereocenters. The molecule has 35 heavy (non-hydrogen) atoms. The van der Waals surface area contributed by atoms with Crippen molar-refractivity contribution in [2.45, 2.75) is 38.0 Å². The highest BCUT2D eigenvalue weighted by Crippen LogP contribution is 2.41. The van der Waals surface area contributed by atoms with Crippen LogP contribution in [0.5, 0.6) is 0 Å². The lowest BCUT2D eigenvalue weighted by atomic mass is 9.92. The largest absolute Gasteiger partial charge is 0.423 e. The maximum Gasteiger partial charge on any atom is 0.247 e. The highest BCUT2D eigenvalue weighted by molar-refractivity contribution is 7.93. The van der Waals surface area contributed by atoms with Crippen molar-refractivity contribution in [2.75, 3.05) is 5.75 Å². The van der Waals surface area contributed by atoms with Gasteiger partial charge in [-0.2, -0.15) is 0 Å². The second-order valence-electron chi connectivity index (χ2n) is 8.90. The standard InChI is InChI=1S/C25H26FN5O3S/c1-16(18-8-7-9-19(13-18)22-31-29-15-34-22)12-20(26)17(2)24(3)14-35(32,33)25(4,23(27)30-24)21-10-5-6-11-28-21/h5-13,15H,14H2,1-4H3,(H2,27,30)/b16-12+,20-17-/t24-,25+/m0/s1. The zero-order valence-corrected chi connectivity index (χ0v) is 20.7. The lowest BCUT2D eigenvalue weighted by Gasteiger charge is -2.39. The van der Waals surface area contributed by atoms with Gasteiger partial charge in [-0.1, -0.05) is 18.2 Å². The van der Waals surface area contributed by atoms with Gasteiger partial charge in [0.1, 0.15) is 11.7 Å². The number of hydrogen-bond donors (Lipinski definition) is 1. The maximum atomic E-state index is 15.5. The summed E-state index contributed by atoms with van der Waals surface area (Å²) in [4.78, 5) is 8.70. The number of hydrogen-bond acceptors (Lipinski definition) is 8. The van der Waals surface area contributed by atoms with E-state index in [1.54, 1.807) is 38.1 Å². The number of allylic oxidation sites excluding steroid dienone is 3. The number of aromatic nitrogens is 3. The SMILES string of the molecule is C/C(=C(F)\C=C(/C)c1cccc(-c2nnco2)c1)[C@]1(C)CS(=O)(=O)[C@](C)(c2ccccn2)C(N)=N1. The molecule has 4 rings (SSSR count). The Morgan fingerprint density at radius 2 is 1.94 bits per heavy atom. The van der Waals surface area contributed by atoms with Crippen LogP contribution in [0.15, 0.2) is 81.9 Å². The highest BCUT2D eigenvalue weighted by atomic mass is 32.2. The Morgan fingerprint density at radius 1 is 1.17 bits per heavy atom. The molecule has 1 aliphatic rings. The molecule has 1 aliphatic heterocycles. The van der Waals surface area contributed by atoms with Gasteiger partial charge >= 0.3 is 0 Å². The van der Waals surface area contributed by atoms with Crippen molar-refractivity contribution < 1.29 is 17.2 Å². The number of benzene rings is 1. The molecule has 2 N–H and O–H groups in total. The van der Waals surface area contributed by atoms with Crippen LogP contribution in [-0.4, -0.2) is 40.7 Å². The Morgan fingerprint density at radius 3 is 2.57 bits per heavy atom. The van der Waals surface area contributed by atoms with Gasteiger partial charge in [-0.25, -0.2) is 12.8 Å². The Bertz CT molecular complexity index is 1450. The summed E-state index contributed by atoms with van der Waals surface area (Å²) in [6.07, 6.45) is 4.10. The summed E-state index contributed by atoms with van der Waals surface area (Å²) in [5.41, 5.74) is 7.39. The number of amidine groups is 1. The van der Waals surface area contributed by atoms with Gasteiger partial charge in [-0.15, -0.1) is 10.2 Å². The molecule has 0 aliphatic carbocycles. The smallest absolute Gasteiger partial charge is 0.247 e. The molecule has 10 heteroatoms. The Labute approximate surface area is 203 Å². The van der Waals surface area contributed by atoms with Crippen molar-refractivity contribution in [3.63, 3.8) is 0 Å². The van der Waals surface area contributed by atoms with E-state index in [4.69, 9.17) is 10.2 Å². The fourth-order valence-corrected chi connectivity index (χ4v) is 6.15. The maximum absolute atomic E-state index is 15.5. The minimum atomic E-state index is -3.89. The summed E-state index contributed by atoms with van der Waals surface area (Å²) in [7, 11) is -3.89. The number of nitrogens with zero attached hydrogens (tertiary/aromatic N) is 4. The summed E-state index contributed by atoms with van der Waals surface area (Å²) < 4.78 is 46.1. The van der Waals surface area contributed by atoms with E-state index in [1.165, 1.54) is 32.5 Å². The summed E-state index contributed by atoms with van der Waals surface area (Å²) in [6.45, 7) is 6.35. The minimum Gasteiger partial charge on any atom is -0.423 e. The first-order chi connectivity index (χ1) is 16.5. The number of halogens is 1. The second kappa shape index (κ2) is 8.84. The molecule has 182 valence electrons. The molecule has 0 spiro atoms. The highest BCUT2D eigenvalue weighted by Gasteiger charge is 2.53. The molecule has 0 saturated carbocycles. The first-order valence-corrected chi connectivity index (χ1v) is 12.5. The summed E-state index contributed by atoms with van der Waals surface area (Å²) in [6, 6.07) is 12.2. The van der Waals surface area contributed by atoms with Gasteiger partial charge in [0, 0.05) is 11.8 Å². The Kier molecular flexibility index (Phi) is 6.18. The molecule has 3 aromatic rings. The van der Waals surface area contributed by atoms with E-state index in [2.05, 4.69) is 20.2 Å². The van der Waals surface area contributed by atoms with Crippen LogP contribution in [0.3, 0.4) is 0 Å². The van der Waals surface area contributed by atoms with Gasteiger partial charge in [-0.05, 0) is 74.7 Å². The monoisotopic (exact) mass is 495 g/mol. The number of nitrogens with two attached hydrogens (primary N) is 1. The average molecular weight is 496 g/mol. The van der Waals surface area contributed by atoms with Crippen molar-refractivity contribution in [3.8, 4) is 11.5 Å². The van der Waals surface area contributed by atoms with Crippen molar-refractivity contribution in [1.82, 2.24) is 15.2 Å². The number of aliphatic imine (C=N–C) groups is 1. The molecular weight excluding hydrogens is 469 g/mol. The molecule has 3 heterocycles. The third-order valence-electron chi connectivity index (χ3n) is 6.54. The molecular formula is C25H26FN5O3S. The first kappa shape index (κ1) is 24.5.